The molecule has 0 spiro atoms. The van der Waals surface area contributed by atoms with Crippen molar-refractivity contribution in [2.24, 2.45) is 0 Å². The van der Waals surface area contributed by atoms with E-state index < -0.39 is 23.5 Å². The minimum absolute atomic E-state index is 0.133. The van der Waals surface area contributed by atoms with Crippen molar-refractivity contribution in [1.82, 2.24) is 9.97 Å². The Kier molecular flexibility index (Phi) is 3.66. The summed E-state index contributed by atoms with van der Waals surface area (Å²) in [7, 11) is 0. The Balaban J connectivity index is 3.09. The zero-order valence-electron chi connectivity index (χ0n) is 7.85. The summed E-state index contributed by atoms with van der Waals surface area (Å²) >= 11 is 5.39. The second-order valence-corrected chi connectivity index (χ2v) is 3.30. The summed E-state index contributed by atoms with van der Waals surface area (Å²) < 4.78 is 49.1. The molecular formula is C7H6ClF4N3O. The molecule has 1 unspecified atom stereocenters. The fraction of sp³-hybridized carbons (Fsp3) is 0.429. The Morgan fingerprint density at radius 3 is 2.44 bits per heavy atom. The van der Waals surface area contributed by atoms with Gasteiger partial charge in [0.15, 0.2) is 0 Å². The van der Waals surface area contributed by atoms with Crippen molar-refractivity contribution in [1.29, 1.82) is 0 Å². The van der Waals surface area contributed by atoms with Gasteiger partial charge in [0.1, 0.15) is 5.15 Å². The van der Waals surface area contributed by atoms with Gasteiger partial charge in [-0.3, -0.25) is 0 Å². The van der Waals surface area contributed by atoms with Gasteiger partial charge in [-0.1, -0.05) is 11.6 Å². The van der Waals surface area contributed by atoms with Crippen molar-refractivity contribution in [2.45, 2.75) is 19.4 Å². The van der Waals surface area contributed by atoms with Crippen LogP contribution in [-0.2, 0) is 0 Å². The number of rotatable bonds is 3. The zero-order chi connectivity index (χ0) is 12.5. The molecule has 4 nitrogen and oxygen atoms in total. The highest BCUT2D eigenvalue weighted by atomic mass is 35.5. The Bertz CT molecular complexity index is 370. The summed E-state index contributed by atoms with van der Waals surface area (Å²) in [5.74, 6) is -1.02. The van der Waals surface area contributed by atoms with E-state index in [1.807, 2.05) is 0 Å². The maximum Gasteiger partial charge on any atom is 0.457 e. The molecule has 0 aliphatic rings. The van der Waals surface area contributed by atoms with Crippen LogP contribution in [0, 0.1) is 12.1 Å². The fourth-order valence-electron chi connectivity index (χ4n) is 0.880. The zero-order valence-corrected chi connectivity index (χ0v) is 8.60. The molecule has 0 saturated carbocycles. The highest BCUT2D eigenvalue weighted by molar-refractivity contribution is 6.29. The summed E-state index contributed by atoms with van der Waals surface area (Å²) in [6.45, 7) is 1.37. The second kappa shape index (κ2) is 4.48. The number of quaternary nitrogens is 1. The highest BCUT2D eigenvalue weighted by Crippen LogP contribution is 2.17. The largest absolute Gasteiger partial charge is 0.622 e. The van der Waals surface area contributed by atoms with E-state index >= 15 is 0 Å². The number of alkyl halides is 4. The van der Waals surface area contributed by atoms with Crippen molar-refractivity contribution in [3.8, 4) is 0 Å². The topological polar surface area (TPSA) is 53.3 Å². The third-order valence-corrected chi connectivity index (χ3v) is 1.80. The summed E-state index contributed by atoms with van der Waals surface area (Å²) in [6, 6.07) is -3.60. The lowest BCUT2D eigenvalue weighted by molar-refractivity contribution is -0.899. The lowest BCUT2D eigenvalue weighted by Crippen LogP contribution is -3.12. The first kappa shape index (κ1) is 13.1. The molecule has 1 N–H and O–H groups in total. The fourth-order valence-corrected chi connectivity index (χ4v) is 1.12. The van der Waals surface area contributed by atoms with Crippen molar-refractivity contribution in [2.75, 3.05) is 0 Å². The smallest absolute Gasteiger partial charge is 0.457 e. The summed E-state index contributed by atoms with van der Waals surface area (Å²) in [5.41, 5.74) is 0.133. The second-order valence-electron chi connectivity index (χ2n) is 2.91. The number of aromatic nitrogens is 2. The van der Waals surface area contributed by atoms with Crippen molar-refractivity contribution >= 4 is 17.5 Å². The quantitative estimate of drug-likeness (QED) is 0.385. The van der Waals surface area contributed by atoms with Gasteiger partial charge in [-0.05, 0) is 13.0 Å². The van der Waals surface area contributed by atoms with Gasteiger partial charge in [-0.15, -0.1) is 8.78 Å². The van der Waals surface area contributed by atoms with Gasteiger partial charge in [0, 0.05) is 5.69 Å². The van der Waals surface area contributed by atoms with Crippen LogP contribution in [0.15, 0.2) is 6.07 Å². The van der Waals surface area contributed by atoms with Crippen molar-refractivity contribution < 1.29 is 22.6 Å². The third-order valence-electron chi connectivity index (χ3n) is 1.60. The van der Waals surface area contributed by atoms with Crippen LogP contribution < -0.4 is 5.06 Å². The first-order chi connectivity index (χ1) is 7.25. The molecule has 1 aromatic rings. The van der Waals surface area contributed by atoms with Crippen LogP contribution in [0.2, 0.25) is 5.15 Å². The van der Waals surface area contributed by atoms with E-state index in [2.05, 4.69) is 9.97 Å². The molecule has 1 atom stereocenters. The first-order valence-electron chi connectivity index (χ1n) is 3.97. The minimum atomic E-state index is -4.81. The normalized spacial score (nSPS) is 14.2. The molecule has 0 saturated heterocycles. The molecule has 1 rings (SSSR count). The van der Waals surface area contributed by atoms with Gasteiger partial charge in [0.05, 0.1) is 0 Å². The molecule has 0 bridgehead atoms. The molecule has 1 heterocycles. The molecule has 90 valence electrons. The summed E-state index contributed by atoms with van der Waals surface area (Å²) in [4.78, 5) is 6.50. The van der Waals surface area contributed by atoms with Crippen LogP contribution in [0.5, 0.6) is 0 Å². The number of nitrogens with zero attached hydrogens (tertiary/aromatic N) is 2. The van der Waals surface area contributed by atoms with Crippen LogP contribution in [0.4, 0.5) is 23.5 Å². The molecule has 0 aliphatic heterocycles. The molecule has 16 heavy (non-hydrogen) atoms. The van der Waals surface area contributed by atoms with E-state index in [0.717, 1.165) is 0 Å². The maximum atomic E-state index is 12.7. The van der Waals surface area contributed by atoms with Gasteiger partial charge in [-0.2, -0.15) is 18.7 Å². The maximum absolute atomic E-state index is 12.7. The van der Waals surface area contributed by atoms with Gasteiger partial charge < -0.3 is 5.21 Å². The van der Waals surface area contributed by atoms with E-state index in [0.29, 0.717) is 0 Å². The number of aryl methyl sites for hydroxylation is 1. The van der Waals surface area contributed by atoms with E-state index in [-0.39, 0.29) is 10.8 Å². The van der Waals surface area contributed by atoms with Gasteiger partial charge in [0.25, 0.3) is 0 Å². The molecule has 1 aromatic heterocycles. The average molecular weight is 260 g/mol. The third kappa shape index (κ3) is 2.57. The number of hydrogen-bond donors (Lipinski definition) is 1. The molecule has 9 heteroatoms. The molecule has 0 amide bonds. The van der Waals surface area contributed by atoms with E-state index in [1.165, 1.54) is 13.0 Å². The van der Waals surface area contributed by atoms with E-state index in [4.69, 9.17) is 11.6 Å². The molecular weight excluding hydrogens is 254 g/mol. The lowest BCUT2D eigenvalue weighted by atomic mass is 10.4. The Hall–Kier alpha value is -0.990. The van der Waals surface area contributed by atoms with Crippen LogP contribution in [0.3, 0.4) is 0 Å². The van der Waals surface area contributed by atoms with Crippen LogP contribution in [0.1, 0.15) is 5.69 Å². The Labute approximate surface area is 92.4 Å². The average Bonchev–Trinajstić information content (AvgIpc) is 2.14. The molecule has 0 aromatic carbocycles. The lowest BCUT2D eigenvalue weighted by Gasteiger charge is -2.26. The number of hydroxylamine groups is 1. The number of halogens is 5. The monoisotopic (exact) mass is 259 g/mol. The molecule has 0 radical (unpaired) electrons. The predicted octanol–water partition coefficient (Wildman–Crippen LogP) is 1.31. The van der Waals surface area contributed by atoms with Crippen molar-refractivity contribution in [3.63, 3.8) is 0 Å². The number of nitrogens with one attached hydrogen (secondary N) is 1. The van der Waals surface area contributed by atoms with Gasteiger partial charge >= 0.3 is 18.4 Å². The van der Waals surface area contributed by atoms with Crippen LogP contribution in [-0.4, -0.2) is 22.4 Å². The standard InChI is InChI=1S/C7H6ClF4N3O/c1-3-2-4(8)14-6(13-3)15(16)7(11,12)5(9)10/h2,5,15H,1H3. The molecule has 0 aliphatic carbocycles. The first-order valence-corrected chi connectivity index (χ1v) is 4.35. The van der Waals surface area contributed by atoms with Crippen LogP contribution >= 0.6 is 11.6 Å². The predicted molar refractivity (Wildman–Crippen MR) is 46.7 cm³/mol. The highest BCUT2D eigenvalue weighted by Gasteiger charge is 2.50. The van der Waals surface area contributed by atoms with E-state index in [9.17, 15) is 22.8 Å². The SMILES string of the molecule is Cc1cc(Cl)nc([NH+]([O-])C(F)(F)C(F)F)n1. The number of hydrogen-bond acceptors (Lipinski definition) is 3. The Morgan fingerprint density at radius 1 is 1.44 bits per heavy atom. The minimum Gasteiger partial charge on any atom is -0.622 e. The molecule has 0 fully saturated rings. The van der Waals surface area contributed by atoms with Gasteiger partial charge in [0.2, 0.25) is 0 Å². The summed E-state index contributed by atoms with van der Waals surface area (Å²) in [5, 5.41) is 8.59. The Morgan fingerprint density at radius 2 is 2.00 bits per heavy atom. The summed E-state index contributed by atoms with van der Waals surface area (Å²) in [6.07, 6.45) is -4.11. The van der Waals surface area contributed by atoms with E-state index in [1.54, 1.807) is 0 Å². The van der Waals surface area contributed by atoms with Gasteiger partial charge in [-0.25, -0.2) is 5.06 Å². The van der Waals surface area contributed by atoms with Crippen LogP contribution in [0.25, 0.3) is 0 Å². The van der Waals surface area contributed by atoms with Crippen molar-refractivity contribution in [3.05, 3.63) is 22.1 Å².